The molecule has 3 rings (SSSR count). The summed E-state index contributed by atoms with van der Waals surface area (Å²) in [6, 6.07) is 12.2. The van der Waals surface area contributed by atoms with Crippen molar-refractivity contribution in [2.24, 2.45) is 13.0 Å². The minimum Gasteiger partial charge on any atom is -0.342 e. The highest BCUT2D eigenvalue weighted by molar-refractivity contribution is 7.99. The molecule has 0 bridgehead atoms. The average Bonchev–Trinajstić information content (AvgIpc) is 3.14. The van der Waals surface area contributed by atoms with Crippen LogP contribution >= 0.6 is 23.4 Å². The standard InChI is InChI=1S/C24H28ClN5O2S/c1-14(2)21(27-23(32)17-9-11-18(25)12-10-17)22-28-29-24(30(22)5)33-13-20(31)26-19-8-6-7-15(3)16(19)4/h6-12,14,21H,13H2,1-5H3,(H,26,31)(H,27,32)/t21-/m1/s1. The third-order valence-electron chi connectivity index (χ3n) is 5.42. The van der Waals surface area contributed by atoms with E-state index in [4.69, 9.17) is 11.6 Å². The maximum Gasteiger partial charge on any atom is 0.251 e. The molecule has 33 heavy (non-hydrogen) atoms. The number of nitrogens with zero attached hydrogens (tertiary/aromatic N) is 3. The van der Waals surface area contributed by atoms with Crippen LogP contribution in [0.2, 0.25) is 5.02 Å². The fourth-order valence-electron chi connectivity index (χ4n) is 3.28. The lowest BCUT2D eigenvalue weighted by atomic mass is 10.0. The van der Waals surface area contributed by atoms with Crippen molar-refractivity contribution < 1.29 is 9.59 Å². The molecule has 0 saturated heterocycles. The molecule has 2 aromatic carbocycles. The van der Waals surface area contributed by atoms with Crippen LogP contribution in [0.15, 0.2) is 47.6 Å². The average molecular weight is 486 g/mol. The molecule has 0 unspecified atom stereocenters. The highest BCUT2D eigenvalue weighted by Gasteiger charge is 2.25. The van der Waals surface area contributed by atoms with Crippen LogP contribution in [0.1, 0.15) is 47.2 Å². The number of rotatable bonds is 8. The van der Waals surface area contributed by atoms with Gasteiger partial charge in [-0.1, -0.05) is 49.3 Å². The number of aryl methyl sites for hydroxylation is 1. The lowest BCUT2D eigenvalue weighted by molar-refractivity contribution is -0.113. The van der Waals surface area contributed by atoms with Crippen LogP contribution in [0.25, 0.3) is 0 Å². The number of amides is 2. The van der Waals surface area contributed by atoms with E-state index in [9.17, 15) is 9.59 Å². The topological polar surface area (TPSA) is 88.9 Å². The second-order valence-corrected chi connectivity index (χ2v) is 9.57. The molecule has 0 spiro atoms. The van der Waals surface area contributed by atoms with E-state index >= 15 is 0 Å². The van der Waals surface area contributed by atoms with Gasteiger partial charge in [0.1, 0.15) is 0 Å². The van der Waals surface area contributed by atoms with Crippen LogP contribution in [0, 0.1) is 19.8 Å². The highest BCUT2D eigenvalue weighted by atomic mass is 35.5. The molecule has 2 amide bonds. The van der Waals surface area contributed by atoms with E-state index in [1.807, 2.05) is 57.5 Å². The molecule has 0 aliphatic carbocycles. The van der Waals surface area contributed by atoms with Crippen molar-refractivity contribution >= 4 is 40.9 Å². The first kappa shape index (κ1) is 24.8. The summed E-state index contributed by atoms with van der Waals surface area (Å²) in [5, 5.41) is 15.7. The summed E-state index contributed by atoms with van der Waals surface area (Å²) in [4.78, 5) is 25.2. The number of thioether (sulfide) groups is 1. The third kappa shape index (κ3) is 6.15. The molecule has 174 valence electrons. The summed E-state index contributed by atoms with van der Waals surface area (Å²) in [5.41, 5.74) is 3.50. The number of benzene rings is 2. The Kier molecular flexibility index (Phi) is 8.15. The summed E-state index contributed by atoms with van der Waals surface area (Å²) in [6.45, 7) is 8.01. The molecule has 0 radical (unpaired) electrons. The Morgan fingerprint density at radius 2 is 1.79 bits per heavy atom. The van der Waals surface area contributed by atoms with Crippen LogP contribution in [-0.2, 0) is 11.8 Å². The molecule has 0 aliphatic heterocycles. The molecular formula is C24H28ClN5O2S. The van der Waals surface area contributed by atoms with Gasteiger partial charge in [0.15, 0.2) is 11.0 Å². The van der Waals surface area contributed by atoms with E-state index in [1.165, 1.54) is 11.8 Å². The SMILES string of the molecule is Cc1cccc(NC(=O)CSc2nnc([C@H](NC(=O)c3ccc(Cl)cc3)C(C)C)n2C)c1C. The first-order valence-electron chi connectivity index (χ1n) is 10.6. The van der Waals surface area contributed by atoms with Crippen molar-refractivity contribution in [1.82, 2.24) is 20.1 Å². The zero-order chi connectivity index (χ0) is 24.1. The predicted octanol–water partition coefficient (Wildman–Crippen LogP) is 4.94. The van der Waals surface area contributed by atoms with Crippen molar-refractivity contribution in [2.45, 2.75) is 38.9 Å². The van der Waals surface area contributed by atoms with Crippen molar-refractivity contribution in [2.75, 3.05) is 11.1 Å². The fourth-order valence-corrected chi connectivity index (χ4v) is 4.12. The number of halogens is 1. The summed E-state index contributed by atoms with van der Waals surface area (Å²) in [7, 11) is 1.84. The number of carbonyl (C=O) groups is 2. The fraction of sp³-hybridized carbons (Fsp3) is 0.333. The first-order chi connectivity index (χ1) is 15.7. The van der Waals surface area contributed by atoms with Crippen LogP contribution in [0.3, 0.4) is 0 Å². The summed E-state index contributed by atoms with van der Waals surface area (Å²) in [6.07, 6.45) is 0. The quantitative estimate of drug-likeness (QED) is 0.441. The van der Waals surface area contributed by atoms with Gasteiger partial charge in [0, 0.05) is 23.3 Å². The number of hydrogen-bond acceptors (Lipinski definition) is 5. The number of nitrogens with one attached hydrogen (secondary N) is 2. The Balaban J connectivity index is 1.67. The van der Waals surface area contributed by atoms with Gasteiger partial charge < -0.3 is 15.2 Å². The summed E-state index contributed by atoms with van der Waals surface area (Å²) < 4.78 is 1.82. The highest BCUT2D eigenvalue weighted by Crippen LogP contribution is 2.25. The maximum absolute atomic E-state index is 12.7. The van der Waals surface area contributed by atoms with Crippen molar-refractivity contribution in [3.05, 3.63) is 70.0 Å². The second kappa shape index (κ2) is 10.9. The largest absolute Gasteiger partial charge is 0.342 e. The van der Waals surface area contributed by atoms with Crippen LogP contribution in [0.4, 0.5) is 5.69 Å². The molecule has 0 fully saturated rings. The monoisotopic (exact) mass is 485 g/mol. The van der Waals surface area contributed by atoms with E-state index in [0.29, 0.717) is 21.6 Å². The van der Waals surface area contributed by atoms with Crippen LogP contribution in [0.5, 0.6) is 0 Å². The minimum atomic E-state index is -0.344. The van der Waals surface area contributed by atoms with Crippen molar-refractivity contribution in [1.29, 1.82) is 0 Å². The molecule has 2 N–H and O–H groups in total. The Morgan fingerprint density at radius 3 is 2.45 bits per heavy atom. The smallest absolute Gasteiger partial charge is 0.251 e. The Morgan fingerprint density at radius 1 is 1.09 bits per heavy atom. The van der Waals surface area contributed by atoms with Gasteiger partial charge in [-0.25, -0.2) is 0 Å². The molecule has 7 nitrogen and oxygen atoms in total. The number of anilines is 1. The number of aromatic nitrogens is 3. The summed E-state index contributed by atoms with van der Waals surface area (Å²) >= 11 is 7.22. The zero-order valence-corrected chi connectivity index (χ0v) is 20.9. The van der Waals surface area contributed by atoms with Gasteiger partial charge in [0.25, 0.3) is 5.91 Å². The minimum absolute atomic E-state index is 0.0783. The van der Waals surface area contributed by atoms with Crippen LogP contribution in [-0.4, -0.2) is 32.3 Å². The van der Waals surface area contributed by atoms with Gasteiger partial charge in [-0.15, -0.1) is 10.2 Å². The van der Waals surface area contributed by atoms with Gasteiger partial charge in [-0.3, -0.25) is 9.59 Å². The lowest BCUT2D eigenvalue weighted by Crippen LogP contribution is -2.33. The maximum atomic E-state index is 12.7. The van der Waals surface area contributed by atoms with Gasteiger partial charge in [-0.05, 0) is 61.2 Å². The molecule has 0 saturated carbocycles. The molecule has 9 heteroatoms. The van der Waals surface area contributed by atoms with Gasteiger partial charge in [0.2, 0.25) is 5.91 Å². The molecular weight excluding hydrogens is 458 g/mol. The summed E-state index contributed by atoms with van der Waals surface area (Å²) in [5.74, 6) is 0.576. The van der Waals surface area contributed by atoms with E-state index in [2.05, 4.69) is 20.8 Å². The van der Waals surface area contributed by atoms with Crippen molar-refractivity contribution in [3.8, 4) is 0 Å². The molecule has 3 aromatic rings. The van der Waals surface area contributed by atoms with E-state index < -0.39 is 0 Å². The van der Waals surface area contributed by atoms with Gasteiger partial charge in [-0.2, -0.15) is 0 Å². The zero-order valence-electron chi connectivity index (χ0n) is 19.3. The number of hydrogen-bond donors (Lipinski definition) is 2. The van der Waals surface area contributed by atoms with Gasteiger partial charge >= 0.3 is 0 Å². The van der Waals surface area contributed by atoms with E-state index in [1.54, 1.807) is 24.3 Å². The van der Waals surface area contributed by atoms with Crippen LogP contribution < -0.4 is 10.6 Å². The third-order valence-corrected chi connectivity index (χ3v) is 6.69. The second-order valence-electron chi connectivity index (χ2n) is 8.19. The lowest BCUT2D eigenvalue weighted by Gasteiger charge is -2.21. The molecule has 1 aromatic heterocycles. The molecule has 1 atom stereocenters. The first-order valence-corrected chi connectivity index (χ1v) is 12.0. The Labute approximate surface area is 203 Å². The van der Waals surface area contributed by atoms with Crippen molar-refractivity contribution in [3.63, 3.8) is 0 Å². The normalized spacial score (nSPS) is 12.0. The predicted molar refractivity (Wildman–Crippen MR) is 133 cm³/mol. The van der Waals surface area contributed by atoms with E-state index in [-0.39, 0.29) is 29.5 Å². The van der Waals surface area contributed by atoms with E-state index in [0.717, 1.165) is 16.8 Å². The molecule has 0 aliphatic rings. The number of carbonyl (C=O) groups excluding carboxylic acids is 2. The van der Waals surface area contributed by atoms with Gasteiger partial charge in [0.05, 0.1) is 11.8 Å². The Bertz CT molecular complexity index is 1140. The Hall–Kier alpha value is -2.84. The molecule has 1 heterocycles.